The molecular weight excluding hydrogens is 329 g/mol. The van der Waals surface area contributed by atoms with Crippen LogP contribution >= 0.6 is 22.6 Å². The Labute approximate surface area is 114 Å². The van der Waals surface area contributed by atoms with Crippen molar-refractivity contribution in [1.29, 1.82) is 0 Å². The van der Waals surface area contributed by atoms with E-state index in [1.807, 2.05) is 24.4 Å². The van der Waals surface area contributed by atoms with Crippen molar-refractivity contribution >= 4 is 28.3 Å². The molecule has 0 atom stereocenters. The highest BCUT2D eigenvalue weighted by molar-refractivity contribution is 14.1. The lowest BCUT2D eigenvalue weighted by molar-refractivity contribution is 0.317. The molecule has 0 aliphatic rings. The molecule has 0 saturated carbocycles. The fourth-order valence-electron chi connectivity index (χ4n) is 1.48. The van der Waals surface area contributed by atoms with Gasteiger partial charge in [-0.25, -0.2) is 4.68 Å². The molecule has 1 aromatic heterocycles. The summed E-state index contributed by atoms with van der Waals surface area (Å²) in [5.41, 5.74) is 7.45. The van der Waals surface area contributed by atoms with E-state index in [4.69, 9.17) is 10.5 Å². The number of ether oxygens (including phenoxy) is 1. The lowest BCUT2D eigenvalue weighted by Gasteiger charge is -2.08. The summed E-state index contributed by atoms with van der Waals surface area (Å²) in [4.78, 5) is 0. The molecule has 0 unspecified atom stereocenters. The van der Waals surface area contributed by atoms with Crippen molar-refractivity contribution in [3.05, 3.63) is 34.2 Å². The Morgan fingerprint density at radius 2 is 2.24 bits per heavy atom. The third-order valence-corrected chi connectivity index (χ3v) is 2.76. The normalized spacial score (nSPS) is 10.5. The van der Waals surface area contributed by atoms with Crippen molar-refractivity contribution in [1.82, 2.24) is 9.78 Å². The van der Waals surface area contributed by atoms with E-state index in [0.29, 0.717) is 12.3 Å². The molecule has 0 aliphatic carbocycles. The van der Waals surface area contributed by atoms with Crippen LogP contribution in [0.3, 0.4) is 0 Å². The molecule has 0 spiro atoms. The maximum Gasteiger partial charge on any atom is 0.123 e. The lowest BCUT2D eigenvalue weighted by atomic mass is 10.2. The molecule has 17 heavy (non-hydrogen) atoms. The average Bonchev–Trinajstić information content (AvgIpc) is 2.72. The number of hydrogen-bond donors (Lipinski definition) is 1. The van der Waals surface area contributed by atoms with E-state index in [9.17, 15) is 0 Å². The van der Waals surface area contributed by atoms with Gasteiger partial charge in [-0.3, -0.25) is 0 Å². The van der Waals surface area contributed by atoms with Crippen molar-refractivity contribution in [3.63, 3.8) is 0 Å². The Kier molecular flexibility index (Phi) is 3.88. The first-order valence-corrected chi connectivity index (χ1v) is 6.51. The van der Waals surface area contributed by atoms with E-state index in [1.165, 1.54) is 0 Å². The molecule has 0 fully saturated rings. The van der Waals surface area contributed by atoms with Crippen molar-refractivity contribution < 1.29 is 4.74 Å². The van der Waals surface area contributed by atoms with E-state index < -0.39 is 0 Å². The van der Waals surface area contributed by atoms with Gasteiger partial charge in [-0.05, 0) is 35.1 Å². The number of nitrogens with zero attached hydrogens (tertiary/aromatic N) is 2. The summed E-state index contributed by atoms with van der Waals surface area (Å²) < 4.78 is 8.45. The summed E-state index contributed by atoms with van der Waals surface area (Å²) >= 11 is 2.22. The minimum Gasteiger partial charge on any atom is -0.493 e. The maximum absolute atomic E-state index is 5.85. The SMILES string of the molecule is CCCOc1cc(N)cc(-n2cc(I)cn2)c1. The molecular formula is C12H14IN3O. The summed E-state index contributed by atoms with van der Waals surface area (Å²) in [6.45, 7) is 2.77. The van der Waals surface area contributed by atoms with Gasteiger partial charge in [-0.1, -0.05) is 6.92 Å². The summed E-state index contributed by atoms with van der Waals surface area (Å²) in [5, 5.41) is 4.25. The Morgan fingerprint density at radius 1 is 1.41 bits per heavy atom. The van der Waals surface area contributed by atoms with E-state index >= 15 is 0 Å². The third-order valence-electron chi connectivity index (χ3n) is 2.20. The van der Waals surface area contributed by atoms with Crippen molar-refractivity contribution in [2.24, 2.45) is 0 Å². The summed E-state index contributed by atoms with van der Waals surface area (Å²) in [6, 6.07) is 5.64. The highest BCUT2D eigenvalue weighted by Crippen LogP contribution is 2.22. The molecule has 90 valence electrons. The summed E-state index contributed by atoms with van der Waals surface area (Å²) in [5.74, 6) is 0.785. The smallest absolute Gasteiger partial charge is 0.123 e. The number of aromatic nitrogens is 2. The molecule has 0 aliphatic heterocycles. The minimum absolute atomic E-state index is 0.680. The highest BCUT2D eigenvalue weighted by Gasteiger charge is 2.03. The summed E-state index contributed by atoms with van der Waals surface area (Å²) in [6.07, 6.45) is 4.72. The van der Waals surface area contributed by atoms with Crippen LogP contribution in [-0.4, -0.2) is 16.4 Å². The molecule has 2 rings (SSSR count). The van der Waals surface area contributed by atoms with Gasteiger partial charge in [0.25, 0.3) is 0 Å². The molecule has 0 amide bonds. The van der Waals surface area contributed by atoms with Crippen LogP contribution in [-0.2, 0) is 0 Å². The van der Waals surface area contributed by atoms with Crippen molar-refractivity contribution in [2.45, 2.75) is 13.3 Å². The number of anilines is 1. The number of rotatable bonds is 4. The van der Waals surface area contributed by atoms with Crippen molar-refractivity contribution in [3.8, 4) is 11.4 Å². The lowest BCUT2D eigenvalue weighted by Crippen LogP contribution is -2.00. The standard InChI is InChI=1S/C12H14IN3O/c1-2-3-17-12-5-10(14)4-11(6-12)16-8-9(13)7-15-16/h4-8H,2-3,14H2,1H3. The second-order valence-electron chi connectivity index (χ2n) is 3.71. The Morgan fingerprint density at radius 3 is 2.88 bits per heavy atom. The largest absolute Gasteiger partial charge is 0.493 e. The molecule has 5 heteroatoms. The molecule has 0 bridgehead atoms. The fraction of sp³-hybridized carbons (Fsp3) is 0.250. The quantitative estimate of drug-likeness (QED) is 0.686. The number of hydrogen-bond acceptors (Lipinski definition) is 3. The first-order valence-electron chi connectivity index (χ1n) is 5.43. The summed E-state index contributed by atoms with van der Waals surface area (Å²) in [7, 11) is 0. The van der Waals surface area contributed by atoms with Crippen LogP contribution in [0.5, 0.6) is 5.75 Å². The number of nitrogen functional groups attached to an aromatic ring is 1. The molecule has 0 saturated heterocycles. The van der Waals surface area contributed by atoms with E-state index in [1.54, 1.807) is 10.9 Å². The van der Waals surface area contributed by atoms with Gasteiger partial charge in [0.1, 0.15) is 5.75 Å². The van der Waals surface area contributed by atoms with Gasteiger partial charge in [-0.2, -0.15) is 5.10 Å². The molecule has 2 N–H and O–H groups in total. The van der Waals surface area contributed by atoms with Crippen LogP contribution in [0.1, 0.15) is 13.3 Å². The monoisotopic (exact) mass is 343 g/mol. The fourth-order valence-corrected chi connectivity index (χ4v) is 1.87. The molecule has 1 aromatic carbocycles. The van der Waals surface area contributed by atoms with Crippen LogP contribution in [0.15, 0.2) is 30.6 Å². The zero-order valence-electron chi connectivity index (χ0n) is 9.56. The predicted molar refractivity (Wildman–Crippen MR) is 76.5 cm³/mol. The van der Waals surface area contributed by atoms with E-state index in [-0.39, 0.29) is 0 Å². The third kappa shape index (κ3) is 3.12. The van der Waals surface area contributed by atoms with Gasteiger partial charge in [0.15, 0.2) is 0 Å². The predicted octanol–water partition coefficient (Wildman–Crippen LogP) is 2.85. The van der Waals surface area contributed by atoms with Crippen molar-refractivity contribution in [2.75, 3.05) is 12.3 Å². The first-order chi connectivity index (χ1) is 8.19. The van der Waals surface area contributed by atoms with Crippen LogP contribution in [0, 0.1) is 3.57 Å². The van der Waals surface area contributed by atoms with Gasteiger partial charge in [0, 0.05) is 24.0 Å². The topological polar surface area (TPSA) is 53.1 Å². The van der Waals surface area contributed by atoms with Gasteiger partial charge < -0.3 is 10.5 Å². The van der Waals surface area contributed by atoms with Gasteiger partial charge >= 0.3 is 0 Å². The molecule has 4 nitrogen and oxygen atoms in total. The van der Waals surface area contributed by atoms with Crippen LogP contribution in [0.25, 0.3) is 5.69 Å². The van der Waals surface area contributed by atoms with Gasteiger partial charge in [0.2, 0.25) is 0 Å². The van der Waals surface area contributed by atoms with Crippen LogP contribution < -0.4 is 10.5 Å². The molecule has 1 heterocycles. The highest BCUT2D eigenvalue weighted by atomic mass is 127. The Hall–Kier alpha value is -1.24. The average molecular weight is 343 g/mol. The minimum atomic E-state index is 0.680. The molecule has 2 aromatic rings. The maximum atomic E-state index is 5.85. The van der Waals surface area contributed by atoms with E-state index in [0.717, 1.165) is 21.4 Å². The Balaban J connectivity index is 2.31. The number of nitrogens with two attached hydrogens (primary N) is 1. The Bertz CT molecular complexity index is 510. The van der Waals surface area contributed by atoms with Crippen LogP contribution in [0.4, 0.5) is 5.69 Å². The first kappa shape index (κ1) is 12.2. The van der Waals surface area contributed by atoms with Gasteiger partial charge in [-0.15, -0.1) is 0 Å². The molecule has 0 radical (unpaired) electrons. The zero-order chi connectivity index (χ0) is 12.3. The number of benzene rings is 1. The number of halogens is 1. The van der Waals surface area contributed by atoms with E-state index in [2.05, 4.69) is 34.6 Å². The second kappa shape index (κ2) is 5.39. The van der Waals surface area contributed by atoms with Gasteiger partial charge in [0.05, 0.1) is 22.1 Å². The second-order valence-corrected chi connectivity index (χ2v) is 4.96. The zero-order valence-corrected chi connectivity index (χ0v) is 11.7. The van der Waals surface area contributed by atoms with Crippen LogP contribution in [0.2, 0.25) is 0 Å².